The maximum atomic E-state index is 13.4. The Morgan fingerprint density at radius 2 is 1.66 bits per heavy atom. The van der Waals surface area contributed by atoms with E-state index in [1.807, 2.05) is 39.8 Å². The highest BCUT2D eigenvalue weighted by Gasteiger charge is 2.28. The topological polar surface area (TPSA) is 90.9 Å². The summed E-state index contributed by atoms with van der Waals surface area (Å²) >= 11 is 0. The first-order valence-corrected chi connectivity index (χ1v) is 21.5. The molecule has 7 nitrogen and oxygen atoms in total. The normalized spacial score (nSPS) is 14.8. The van der Waals surface area contributed by atoms with Crippen LogP contribution in [0.4, 0.5) is 0 Å². The average molecular weight is 782 g/mol. The number of carbonyl (C=O) groups is 3. The maximum absolute atomic E-state index is 13.4. The van der Waals surface area contributed by atoms with E-state index in [9.17, 15) is 14.4 Å². The van der Waals surface area contributed by atoms with Crippen LogP contribution in [0.15, 0.2) is 84.6 Å². The number of nitrogens with one attached hydrogen (secondary N) is 1. The van der Waals surface area contributed by atoms with Gasteiger partial charge in [-0.25, -0.2) is 0 Å². The Morgan fingerprint density at radius 1 is 0.929 bits per heavy atom. The highest BCUT2D eigenvalue weighted by molar-refractivity contribution is 5.77. The molecule has 1 aliphatic rings. The van der Waals surface area contributed by atoms with Gasteiger partial charge in [-0.05, 0) is 89.4 Å². The fraction of sp³-hybridized carbons (Fsp3) is 0.653. The van der Waals surface area contributed by atoms with Crippen LogP contribution in [-0.2, 0) is 28.6 Å². The van der Waals surface area contributed by atoms with Crippen molar-refractivity contribution in [3.05, 3.63) is 84.6 Å². The molecule has 1 amide bonds. The molecule has 1 rings (SSSR count). The third-order valence-electron chi connectivity index (χ3n) is 9.31. The van der Waals surface area contributed by atoms with Crippen LogP contribution in [-0.4, -0.2) is 56.7 Å². The fourth-order valence-corrected chi connectivity index (χ4v) is 6.52. The van der Waals surface area contributed by atoms with Gasteiger partial charge in [0, 0.05) is 33.0 Å². The third kappa shape index (κ3) is 30.9. The second-order valence-electron chi connectivity index (χ2n) is 15.1. The van der Waals surface area contributed by atoms with E-state index in [2.05, 4.69) is 88.7 Å². The van der Waals surface area contributed by atoms with Crippen molar-refractivity contribution in [2.75, 3.05) is 26.9 Å². The van der Waals surface area contributed by atoms with E-state index in [-0.39, 0.29) is 29.6 Å². The highest BCUT2D eigenvalue weighted by Crippen LogP contribution is 2.26. The van der Waals surface area contributed by atoms with Crippen LogP contribution >= 0.6 is 0 Å². The van der Waals surface area contributed by atoms with Gasteiger partial charge >= 0.3 is 5.97 Å². The molecule has 0 saturated heterocycles. The SMILES string of the molecule is C=C/C=C(\CC(C)CCC)C[C@H](NC(=O)CC/C(=C/C)C(C=C)CC)C(CCCC1=CCC=CC=C1)OC(=O)CC.CC(=O)CC(C)C.CCCOCCOC. The standard InChI is InChI=1S/C37H57NO3.C6H14O2.C6H12O/c1-8-19-29(7)27-31(20-9-2)28-34(38-36(39)26-25-33(12-5)32(10-3)11-4)35(41-37(40)13-6)24-18-23-30-21-16-14-15-17-22-30;1-3-4-8-6-5-7-2;1-5(2)4-6(3)7/h9-10,12,14-16,20-22,29,32,34-35H,2-3,8,11,13,17-19,23-28H2,1,4-7H3,(H,38,39);3-6H2,1-2H3;5H,4H2,1-3H3/b31-20+,33-12-;;/t29?,32?,34-,35?;;/m0../s1. The molecule has 4 atom stereocenters. The van der Waals surface area contributed by atoms with Crippen LogP contribution in [0.5, 0.6) is 0 Å². The molecule has 0 fully saturated rings. The molecular weight excluding hydrogens is 699 g/mol. The summed E-state index contributed by atoms with van der Waals surface area (Å²) in [6.45, 7) is 28.5. The van der Waals surface area contributed by atoms with Gasteiger partial charge in [-0.3, -0.25) is 9.59 Å². The molecule has 1 aliphatic carbocycles. The molecule has 0 radical (unpaired) electrons. The van der Waals surface area contributed by atoms with Crippen molar-refractivity contribution in [3.8, 4) is 0 Å². The minimum Gasteiger partial charge on any atom is -0.460 e. The molecule has 7 heteroatoms. The molecule has 0 aliphatic heterocycles. The Morgan fingerprint density at radius 3 is 2.20 bits per heavy atom. The van der Waals surface area contributed by atoms with Gasteiger partial charge in [0.15, 0.2) is 0 Å². The zero-order valence-corrected chi connectivity index (χ0v) is 37.5. The highest BCUT2D eigenvalue weighted by atomic mass is 16.5. The van der Waals surface area contributed by atoms with Gasteiger partial charge in [-0.1, -0.05) is 139 Å². The number of hydrogen-bond acceptors (Lipinski definition) is 6. The van der Waals surface area contributed by atoms with Gasteiger partial charge in [0.25, 0.3) is 0 Å². The second-order valence-corrected chi connectivity index (χ2v) is 15.1. The number of ketones is 1. The summed E-state index contributed by atoms with van der Waals surface area (Å²) in [7, 11) is 1.68. The van der Waals surface area contributed by atoms with Crippen LogP contribution in [0.1, 0.15) is 152 Å². The molecule has 0 saturated carbocycles. The molecular formula is C49H83NO6. The summed E-state index contributed by atoms with van der Waals surface area (Å²) in [5.74, 6) is 1.39. The number of hydrogen-bond donors (Lipinski definition) is 1. The number of rotatable bonds is 28. The maximum Gasteiger partial charge on any atom is 0.305 e. The lowest BCUT2D eigenvalue weighted by Crippen LogP contribution is -2.45. The van der Waals surface area contributed by atoms with Crippen molar-refractivity contribution in [1.82, 2.24) is 5.32 Å². The van der Waals surface area contributed by atoms with Crippen molar-refractivity contribution in [2.45, 2.75) is 164 Å². The molecule has 3 unspecified atom stereocenters. The number of methoxy groups -OCH3 is 1. The van der Waals surface area contributed by atoms with E-state index >= 15 is 0 Å². The predicted molar refractivity (Wildman–Crippen MR) is 239 cm³/mol. The summed E-state index contributed by atoms with van der Waals surface area (Å²) in [5.41, 5.74) is 3.77. The molecule has 0 aromatic heterocycles. The minimum absolute atomic E-state index is 0.00847. The second kappa shape index (κ2) is 37.3. The van der Waals surface area contributed by atoms with Crippen molar-refractivity contribution in [3.63, 3.8) is 0 Å². The molecule has 0 heterocycles. The van der Waals surface area contributed by atoms with E-state index in [0.29, 0.717) is 50.5 Å². The van der Waals surface area contributed by atoms with E-state index < -0.39 is 6.10 Å². The van der Waals surface area contributed by atoms with E-state index in [4.69, 9.17) is 14.2 Å². The van der Waals surface area contributed by atoms with Crippen molar-refractivity contribution in [2.24, 2.45) is 17.8 Å². The van der Waals surface area contributed by atoms with Crippen LogP contribution < -0.4 is 5.32 Å². The summed E-state index contributed by atoms with van der Waals surface area (Å²) in [5, 5.41) is 3.31. The van der Waals surface area contributed by atoms with Gasteiger partial charge in [-0.2, -0.15) is 0 Å². The first-order chi connectivity index (χ1) is 26.8. The zero-order chi connectivity index (χ0) is 42.6. The number of amides is 1. The molecule has 0 aromatic rings. The molecule has 320 valence electrons. The first kappa shape index (κ1) is 54.8. The number of esters is 1. The van der Waals surface area contributed by atoms with E-state index in [0.717, 1.165) is 71.0 Å². The molecule has 0 spiro atoms. The van der Waals surface area contributed by atoms with Gasteiger partial charge < -0.3 is 24.3 Å². The number of carbonyl (C=O) groups excluding carboxylic acids is 3. The van der Waals surface area contributed by atoms with Crippen molar-refractivity contribution in [1.29, 1.82) is 0 Å². The van der Waals surface area contributed by atoms with Crippen molar-refractivity contribution < 1.29 is 28.6 Å². The molecule has 56 heavy (non-hydrogen) atoms. The van der Waals surface area contributed by atoms with Crippen LogP contribution in [0.25, 0.3) is 0 Å². The lowest BCUT2D eigenvalue weighted by molar-refractivity contribution is -0.151. The van der Waals surface area contributed by atoms with Crippen LogP contribution in [0.2, 0.25) is 0 Å². The Hall–Kier alpha value is -3.29. The van der Waals surface area contributed by atoms with Gasteiger partial charge in [0.1, 0.15) is 11.9 Å². The summed E-state index contributed by atoms with van der Waals surface area (Å²) in [4.78, 5) is 36.2. The fourth-order valence-electron chi connectivity index (χ4n) is 6.52. The summed E-state index contributed by atoms with van der Waals surface area (Å²) in [6.07, 6.45) is 29.7. The van der Waals surface area contributed by atoms with Gasteiger partial charge in [0.05, 0.1) is 19.3 Å². The monoisotopic (exact) mass is 782 g/mol. The summed E-state index contributed by atoms with van der Waals surface area (Å²) in [6, 6.07) is -0.297. The molecule has 0 bridgehead atoms. The Balaban J connectivity index is 0. The van der Waals surface area contributed by atoms with E-state index in [1.54, 1.807) is 14.0 Å². The lowest BCUT2D eigenvalue weighted by Gasteiger charge is -2.30. The Bertz CT molecular complexity index is 1220. The Labute approximate surface area is 344 Å². The quantitative estimate of drug-likeness (QED) is 0.0368. The van der Waals surface area contributed by atoms with Crippen LogP contribution in [0.3, 0.4) is 0 Å². The zero-order valence-electron chi connectivity index (χ0n) is 37.5. The number of ether oxygens (including phenoxy) is 3. The van der Waals surface area contributed by atoms with Gasteiger partial charge in [-0.15, -0.1) is 6.58 Å². The Kier molecular flexibility index (Phi) is 36.5. The third-order valence-corrected chi connectivity index (χ3v) is 9.31. The molecule has 1 N–H and O–H groups in total. The lowest BCUT2D eigenvalue weighted by atomic mass is 9.89. The minimum atomic E-state index is -0.396. The largest absolute Gasteiger partial charge is 0.460 e. The van der Waals surface area contributed by atoms with E-state index in [1.165, 1.54) is 16.7 Å². The number of Topliss-reactive ketones (excluding diaryl/α,β-unsaturated/α-hetero) is 1. The number of allylic oxidation sites excluding steroid dienone is 11. The summed E-state index contributed by atoms with van der Waals surface area (Å²) < 4.78 is 15.9. The average Bonchev–Trinajstić information content (AvgIpc) is 3.43. The molecule has 0 aromatic carbocycles. The van der Waals surface area contributed by atoms with Gasteiger partial charge in [0.2, 0.25) is 5.91 Å². The smallest absolute Gasteiger partial charge is 0.305 e. The first-order valence-electron chi connectivity index (χ1n) is 21.5. The van der Waals surface area contributed by atoms with Crippen molar-refractivity contribution >= 4 is 17.7 Å². The predicted octanol–water partition coefficient (Wildman–Crippen LogP) is 12.4. The van der Waals surface area contributed by atoms with Crippen LogP contribution in [0, 0.1) is 17.8 Å².